The molecule has 0 aromatic carbocycles. The maximum atomic E-state index is 4.77. The van der Waals surface area contributed by atoms with Crippen LogP contribution in [0.3, 0.4) is 0 Å². The Kier molecular flexibility index (Phi) is 9.34. The van der Waals surface area contributed by atoms with Crippen molar-refractivity contribution in [1.29, 1.82) is 0 Å². The molecule has 0 amide bonds. The van der Waals surface area contributed by atoms with Crippen LogP contribution in [0.1, 0.15) is 38.7 Å². The highest BCUT2D eigenvalue weighted by Crippen LogP contribution is 2.37. The Balaban J connectivity index is 0.00000264. The van der Waals surface area contributed by atoms with E-state index in [1.807, 2.05) is 17.9 Å². The number of guanidine groups is 1. The molecule has 0 aliphatic carbocycles. The summed E-state index contributed by atoms with van der Waals surface area (Å²) in [7, 11) is 1.96. The summed E-state index contributed by atoms with van der Waals surface area (Å²) in [5.74, 6) is 2.23. The van der Waals surface area contributed by atoms with E-state index in [0.717, 1.165) is 38.4 Å². The molecule has 0 spiro atoms. The number of aliphatic imine (C=N–C) groups is 1. The zero-order chi connectivity index (χ0) is 15.8. The fourth-order valence-corrected chi connectivity index (χ4v) is 3.88. The van der Waals surface area contributed by atoms with E-state index in [2.05, 4.69) is 47.5 Å². The van der Waals surface area contributed by atoms with Crippen LogP contribution in [0.2, 0.25) is 0 Å². The number of thioether (sulfide) groups is 1. The van der Waals surface area contributed by atoms with E-state index >= 15 is 0 Å². The lowest BCUT2D eigenvalue weighted by molar-refractivity contribution is 0.614. The highest BCUT2D eigenvalue weighted by Gasteiger charge is 2.29. The predicted molar refractivity (Wildman–Crippen MR) is 111 cm³/mol. The standard InChI is InChI=1S/C16H29N5S.HI/c1-4-17-15(19-13-16(2)8-6-10-22-16)18-9-5-7-14-11-20-21(3)12-14;/h11-12H,4-10,13H2,1-3H3,(H2,17,18,19);1H. The molecule has 2 heterocycles. The van der Waals surface area contributed by atoms with E-state index in [1.165, 1.54) is 24.2 Å². The van der Waals surface area contributed by atoms with Gasteiger partial charge in [-0.05, 0) is 50.8 Å². The minimum atomic E-state index is 0. The first-order valence-corrected chi connectivity index (χ1v) is 9.23. The van der Waals surface area contributed by atoms with Crippen molar-refractivity contribution in [3.63, 3.8) is 0 Å². The normalized spacial score (nSPS) is 21.1. The van der Waals surface area contributed by atoms with Gasteiger partial charge in [-0.3, -0.25) is 9.67 Å². The van der Waals surface area contributed by atoms with Gasteiger partial charge in [0.25, 0.3) is 0 Å². The molecule has 1 aliphatic heterocycles. The van der Waals surface area contributed by atoms with Gasteiger partial charge in [0.05, 0.1) is 12.7 Å². The third kappa shape index (κ3) is 7.32. The molecule has 1 aromatic rings. The number of hydrogen-bond donors (Lipinski definition) is 2. The quantitative estimate of drug-likeness (QED) is 0.290. The van der Waals surface area contributed by atoms with E-state index in [4.69, 9.17) is 4.99 Å². The summed E-state index contributed by atoms with van der Waals surface area (Å²) < 4.78 is 2.19. The van der Waals surface area contributed by atoms with Crippen LogP contribution < -0.4 is 10.6 Å². The Bertz CT molecular complexity index is 483. The zero-order valence-corrected chi connectivity index (χ0v) is 17.6. The molecular formula is C16H30IN5S. The number of nitrogens with zero attached hydrogens (tertiary/aromatic N) is 3. The Hall–Kier alpha value is -0.440. The van der Waals surface area contributed by atoms with Crippen LogP contribution >= 0.6 is 35.7 Å². The van der Waals surface area contributed by atoms with Crippen LogP contribution in [0.15, 0.2) is 17.4 Å². The topological polar surface area (TPSA) is 54.2 Å². The van der Waals surface area contributed by atoms with Crippen molar-refractivity contribution in [2.75, 3.05) is 25.4 Å². The molecule has 1 atom stereocenters. The van der Waals surface area contributed by atoms with Gasteiger partial charge >= 0.3 is 0 Å². The van der Waals surface area contributed by atoms with E-state index in [9.17, 15) is 0 Å². The maximum absolute atomic E-state index is 4.77. The molecule has 0 radical (unpaired) electrons. The van der Waals surface area contributed by atoms with Gasteiger partial charge in [-0.1, -0.05) is 0 Å². The summed E-state index contributed by atoms with van der Waals surface area (Å²) >= 11 is 2.06. The molecule has 0 saturated carbocycles. The second-order valence-corrected chi connectivity index (χ2v) is 7.83. The van der Waals surface area contributed by atoms with Crippen molar-refractivity contribution < 1.29 is 0 Å². The van der Waals surface area contributed by atoms with Gasteiger partial charge in [0.1, 0.15) is 0 Å². The third-order valence-electron chi connectivity index (χ3n) is 3.91. The summed E-state index contributed by atoms with van der Waals surface area (Å²) in [5, 5.41) is 11.0. The molecule has 0 bridgehead atoms. The van der Waals surface area contributed by atoms with Gasteiger partial charge in [0.15, 0.2) is 5.96 Å². The van der Waals surface area contributed by atoms with Gasteiger partial charge < -0.3 is 10.6 Å². The Morgan fingerprint density at radius 2 is 2.30 bits per heavy atom. The number of nitrogens with one attached hydrogen (secondary N) is 2. The molecule has 1 fully saturated rings. The van der Waals surface area contributed by atoms with Crippen molar-refractivity contribution in [2.24, 2.45) is 12.0 Å². The van der Waals surface area contributed by atoms with Crippen molar-refractivity contribution >= 4 is 41.7 Å². The Labute approximate surface area is 161 Å². The molecule has 7 heteroatoms. The summed E-state index contributed by atoms with van der Waals surface area (Å²) in [5.41, 5.74) is 1.29. The summed E-state index contributed by atoms with van der Waals surface area (Å²) in [6, 6.07) is 0. The van der Waals surface area contributed by atoms with Crippen molar-refractivity contribution in [3.8, 4) is 0 Å². The smallest absolute Gasteiger partial charge is 0.191 e. The molecule has 132 valence electrons. The van der Waals surface area contributed by atoms with Crippen LogP contribution in [0.5, 0.6) is 0 Å². The SMILES string of the molecule is CCNC(=NCC1(C)CCCS1)NCCCc1cnn(C)c1.I. The Morgan fingerprint density at radius 1 is 1.48 bits per heavy atom. The monoisotopic (exact) mass is 451 g/mol. The lowest BCUT2D eigenvalue weighted by atomic mass is 10.1. The fraction of sp³-hybridized carbons (Fsp3) is 0.750. The van der Waals surface area contributed by atoms with Crippen molar-refractivity contribution in [2.45, 2.75) is 44.3 Å². The molecule has 1 saturated heterocycles. The summed E-state index contributed by atoms with van der Waals surface area (Å²) in [4.78, 5) is 4.77. The van der Waals surface area contributed by atoms with E-state index in [0.29, 0.717) is 4.75 Å². The van der Waals surface area contributed by atoms with Gasteiger partial charge in [0, 0.05) is 31.1 Å². The number of halogens is 1. The molecule has 1 aromatic heterocycles. The highest BCUT2D eigenvalue weighted by atomic mass is 127. The molecule has 5 nitrogen and oxygen atoms in total. The maximum Gasteiger partial charge on any atom is 0.191 e. The third-order valence-corrected chi connectivity index (χ3v) is 5.43. The van der Waals surface area contributed by atoms with Crippen LogP contribution in [0.25, 0.3) is 0 Å². The minimum absolute atomic E-state index is 0. The van der Waals surface area contributed by atoms with Gasteiger partial charge in [-0.25, -0.2) is 0 Å². The average Bonchev–Trinajstić information content (AvgIpc) is 3.10. The number of aryl methyl sites for hydroxylation is 2. The minimum Gasteiger partial charge on any atom is -0.357 e. The zero-order valence-electron chi connectivity index (χ0n) is 14.5. The van der Waals surface area contributed by atoms with Gasteiger partial charge in [-0.2, -0.15) is 16.9 Å². The number of aromatic nitrogens is 2. The average molecular weight is 451 g/mol. The highest BCUT2D eigenvalue weighted by molar-refractivity contribution is 14.0. The first-order valence-electron chi connectivity index (χ1n) is 8.25. The first kappa shape index (κ1) is 20.6. The molecular weight excluding hydrogens is 421 g/mol. The molecule has 23 heavy (non-hydrogen) atoms. The second-order valence-electron chi connectivity index (χ2n) is 6.15. The lowest BCUT2D eigenvalue weighted by Gasteiger charge is -2.21. The van der Waals surface area contributed by atoms with Gasteiger partial charge in [0.2, 0.25) is 0 Å². The van der Waals surface area contributed by atoms with Crippen LogP contribution in [-0.4, -0.2) is 45.9 Å². The van der Waals surface area contributed by atoms with Crippen LogP contribution in [0.4, 0.5) is 0 Å². The predicted octanol–water partition coefficient (Wildman–Crippen LogP) is 2.81. The van der Waals surface area contributed by atoms with Crippen molar-refractivity contribution in [3.05, 3.63) is 18.0 Å². The molecule has 2 rings (SSSR count). The van der Waals surface area contributed by atoms with E-state index in [-0.39, 0.29) is 24.0 Å². The molecule has 1 unspecified atom stereocenters. The number of rotatable bonds is 7. The largest absolute Gasteiger partial charge is 0.357 e. The first-order chi connectivity index (χ1) is 10.6. The summed E-state index contributed by atoms with van der Waals surface area (Å²) in [6.45, 7) is 7.18. The lowest BCUT2D eigenvalue weighted by Crippen LogP contribution is -2.39. The molecule has 2 N–H and O–H groups in total. The molecule has 1 aliphatic rings. The van der Waals surface area contributed by atoms with Crippen molar-refractivity contribution in [1.82, 2.24) is 20.4 Å². The van der Waals surface area contributed by atoms with Gasteiger partial charge in [-0.15, -0.1) is 24.0 Å². The van der Waals surface area contributed by atoms with Crippen LogP contribution in [0, 0.1) is 0 Å². The second kappa shape index (κ2) is 10.4. The Morgan fingerprint density at radius 3 is 2.91 bits per heavy atom. The summed E-state index contributed by atoms with van der Waals surface area (Å²) in [6.07, 6.45) is 8.76. The fourth-order valence-electron chi connectivity index (χ4n) is 2.65. The van der Waals surface area contributed by atoms with E-state index < -0.39 is 0 Å². The van der Waals surface area contributed by atoms with E-state index in [1.54, 1.807) is 0 Å². The number of hydrogen-bond acceptors (Lipinski definition) is 3. The van der Waals surface area contributed by atoms with Crippen LogP contribution in [-0.2, 0) is 13.5 Å².